The molecule has 7 aromatic carbocycles. The van der Waals surface area contributed by atoms with Crippen LogP contribution >= 0.6 is 0 Å². The van der Waals surface area contributed by atoms with Crippen LogP contribution in [0.3, 0.4) is 0 Å². The van der Waals surface area contributed by atoms with Gasteiger partial charge in [-0.2, -0.15) is 0 Å². The molecule has 7 aromatic rings. The zero-order chi connectivity index (χ0) is 39.8. The molecule has 0 N–H and O–H groups in total. The average molecular weight is 747 g/mol. The molecule has 2 aliphatic heterocycles. The lowest BCUT2D eigenvalue weighted by Crippen LogP contribution is -2.42. The van der Waals surface area contributed by atoms with Crippen molar-refractivity contribution in [2.24, 2.45) is 0 Å². The van der Waals surface area contributed by atoms with E-state index < -0.39 is 35.3 Å². The van der Waals surface area contributed by atoms with Gasteiger partial charge in [0, 0.05) is 38.1 Å². The molecule has 280 valence electrons. The second-order valence-electron chi connectivity index (χ2n) is 16.5. The van der Waals surface area contributed by atoms with Crippen LogP contribution in [0.15, 0.2) is 72.8 Å². The van der Waals surface area contributed by atoms with E-state index in [0.29, 0.717) is 32.9 Å². The SMILES string of the molecule is CC(C)c1cccc(C(C)C)c1N1C(=O)c2ccc3c4c(F)cc5c6c(cc(F)c(c7ccc(c2c37)C1=O)c64)C(=O)N(c1c(C(C)C)cccc1C(C)C)C5=O. The topological polar surface area (TPSA) is 74.8 Å². The number of amides is 4. The highest BCUT2D eigenvalue weighted by molar-refractivity contribution is 6.45. The first-order valence-electron chi connectivity index (χ1n) is 19.3. The van der Waals surface area contributed by atoms with Crippen molar-refractivity contribution in [2.45, 2.75) is 79.1 Å². The van der Waals surface area contributed by atoms with Crippen molar-refractivity contribution < 1.29 is 28.0 Å². The van der Waals surface area contributed by atoms with Gasteiger partial charge in [0.05, 0.1) is 22.5 Å². The number of carbonyl (C=O) groups excluding carboxylic acids is 4. The van der Waals surface area contributed by atoms with Crippen molar-refractivity contribution in [2.75, 3.05) is 9.80 Å². The Hall–Kier alpha value is -6.02. The number of hydrogen-bond acceptors (Lipinski definition) is 4. The van der Waals surface area contributed by atoms with E-state index in [0.717, 1.165) is 39.3 Å². The lowest BCUT2D eigenvalue weighted by Gasteiger charge is -2.34. The molecule has 0 radical (unpaired) electrons. The minimum Gasteiger partial charge on any atom is -0.268 e. The molecule has 0 fully saturated rings. The molecule has 0 atom stereocenters. The normalized spacial score (nSPS) is 14.6. The van der Waals surface area contributed by atoms with E-state index in [1.54, 1.807) is 24.3 Å². The highest BCUT2D eigenvalue weighted by Gasteiger charge is 2.42. The fourth-order valence-corrected chi connectivity index (χ4v) is 9.32. The minimum atomic E-state index is -0.775. The summed E-state index contributed by atoms with van der Waals surface area (Å²) < 4.78 is 33.9. The molecule has 0 aromatic heterocycles. The van der Waals surface area contributed by atoms with E-state index in [1.165, 1.54) is 4.90 Å². The molecule has 0 unspecified atom stereocenters. The predicted molar refractivity (Wildman–Crippen MR) is 219 cm³/mol. The molecular weight excluding hydrogens is 707 g/mol. The Labute approximate surface area is 323 Å². The van der Waals surface area contributed by atoms with Gasteiger partial charge in [-0.3, -0.25) is 19.2 Å². The zero-order valence-electron chi connectivity index (χ0n) is 32.5. The van der Waals surface area contributed by atoms with Crippen LogP contribution in [0.25, 0.3) is 43.1 Å². The highest BCUT2D eigenvalue weighted by atomic mass is 19.1. The van der Waals surface area contributed by atoms with Gasteiger partial charge in [-0.15, -0.1) is 0 Å². The number of anilines is 2. The van der Waals surface area contributed by atoms with Crippen molar-refractivity contribution >= 4 is 78.1 Å². The van der Waals surface area contributed by atoms with Crippen LogP contribution in [-0.2, 0) is 0 Å². The number of nitrogens with zero attached hydrogens (tertiary/aromatic N) is 2. The summed E-state index contributed by atoms with van der Waals surface area (Å²) in [5.41, 5.74) is 4.69. The summed E-state index contributed by atoms with van der Waals surface area (Å²) in [6.07, 6.45) is 0. The standard InChI is InChI=1S/C48H40F2N2O4/c1-21(2)25-11-9-12-26(22(3)4)43(25)51-45(53)31-17-15-29-37-30(16-18-32(38(31)37)46(51)54)41-36(50)20-34-39-33(19-35(49)40(29)42(39)41)47(55)52(48(34)56)44-27(23(5)6)13-10-14-28(44)24(7)8/h9-24H,1-8H3. The Balaban J connectivity index is 1.33. The number of benzene rings is 7. The lowest BCUT2D eigenvalue weighted by molar-refractivity contribution is 0.0877. The van der Waals surface area contributed by atoms with Crippen LogP contribution in [0, 0.1) is 11.6 Å². The van der Waals surface area contributed by atoms with E-state index in [4.69, 9.17) is 0 Å². The van der Waals surface area contributed by atoms with Gasteiger partial charge in [-0.05, 0) is 86.3 Å². The maximum atomic E-state index is 17.0. The number of imide groups is 2. The van der Waals surface area contributed by atoms with Gasteiger partial charge in [0.25, 0.3) is 23.6 Å². The monoisotopic (exact) mass is 746 g/mol. The van der Waals surface area contributed by atoms with Crippen LogP contribution < -0.4 is 9.80 Å². The van der Waals surface area contributed by atoms with Crippen LogP contribution in [-0.4, -0.2) is 23.6 Å². The van der Waals surface area contributed by atoms with Gasteiger partial charge in [-0.1, -0.05) is 104 Å². The Bertz CT molecular complexity index is 2760. The van der Waals surface area contributed by atoms with Gasteiger partial charge >= 0.3 is 0 Å². The smallest absolute Gasteiger partial charge is 0.266 e. The fourth-order valence-electron chi connectivity index (χ4n) is 9.32. The Kier molecular flexibility index (Phi) is 7.80. The highest BCUT2D eigenvalue weighted by Crippen LogP contribution is 2.50. The molecule has 4 amide bonds. The van der Waals surface area contributed by atoms with Gasteiger partial charge in [-0.25, -0.2) is 18.6 Å². The number of rotatable bonds is 6. The number of hydrogen-bond donors (Lipinski definition) is 0. The summed E-state index contributed by atoms with van der Waals surface area (Å²) >= 11 is 0. The number of halogens is 2. The van der Waals surface area contributed by atoms with E-state index in [9.17, 15) is 19.2 Å². The first-order chi connectivity index (χ1) is 26.6. The molecule has 0 saturated carbocycles. The Morgan fingerprint density at radius 1 is 0.393 bits per heavy atom. The van der Waals surface area contributed by atoms with Crippen molar-refractivity contribution in [1.82, 2.24) is 0 Å². The summed E-state index contributed by atoms with van der Waals surface area (Å²) in [6.45, 7) is 16.0. The van der Waals surface area contributed by atoms with Crippen molar-refractivity contribution in [3.63, 3.8) is 0 Å². The fraction of sp³-hybridized carbons (Fsp3) is 0.250. The number of para-hydroxylation sites is 2. The molecule has 6 nitrogen and oxygen atoms in total. The average Bonchev–Trinajstić information content (AvgIpc) is 3.15. The quantitative estimate of drug-likeness (QED) is 0.0965. The molecule has 56 heavy (non-hydrogen) atoms. The lowest BCUT2D eigenvalue weighted by atomic mass is 9.81. The summed E-state index contributed by atoms with van der Waals surface area (Å²) in [5.74, 6) is -4.04. The maximum Gasteiger partial charge on any atom is 0.266 e. The maximum absolute atomic E-state index is 17.0. The van der Waals surface area contributed by atoms with Crippen molar-refractivity contribution in [3.05, 3.63) is 129 Å². The Morgan fingerprint density at radius 3 is 1.05 bits per heavy atom. The summed E-state index contributed by atoms with van der Waals surface area (Å²) in [6, 6.07) is 20.2. The van der Waals surface area contributed by atoms with Crippen LogP contribution in [0.1, 0.15) is 143 Å². The molecular formula is C48H40F2N2O4. The molecule has 0 bridgehead atoms. The second kappa shape index (κ2) is 12.2. The van der Waals surface area contributed by atoms with Gasteiger partial charge in [0.1, 0.15) is 11.6 Å². The third-order valence-corrected chi connectivity index (χ3v) is 11.9. The summed E-state index contributed by atoms with van der Waals surface area (Å²) in [5, 5.41) is 1.73. The minimum absolute atomic E-state index is 0.0127. The van der Waals surface area contributed by atoms with E-state index in [2.05, 4.69) is 0 Å². The number of fused-ring (bicyclic) bond motifs is 2. The van der Waals surface area contributed by atoms with Gasteiger partial charge in [0.15, 0.2) is 0 Å². The molecule has 2 heterocycles. The van der Waals surface area contributed by atoms with Crippen molar-refractivity contribution in [1.29, 1.82) is 0 Å². The zero-order valence-corrected chi connectivity index (χ0v) is 32.5. The van der Waals surface area contributed by atoms with E-state index in [1.807, 2.05) is 91.8 Å². The van der Waals surface area contributed by atoms with Crippen LogP contribution in [0.2, 0.25) is 0 Å². The number of carbonyl (C=O) groups is 4. The van der Waals surface area contributed by atoms with E-state index >= 15 is 8.78 Å². The molecule has 0 aliphatic carbocycles. The van der Waals surface area contributed by atoms with Crippen LogP contribution in [0.4, 0.5) is 20.2 Å². The van der Waals surface area contributed by atoms with E-state index in [-0.39, 0.29) is 67.5 Å². The first kappa shape index (κ1) is 35.7. The molecule has 2 aliphatic rings. The van der Waals surface area contributed by atoms with Crippen molar-refractivity contribution in [3.8, 4) is 0 Å². The van der Waals surface area contributed by atoms with Gasteiger partial charge < -0.3 is 0 Å². The predicted octanol–water partition coefficient (Wildman–Crippen LogP) is 12.1. The summed E-state index contributed by atoms with van der Waals surface area (Å²) in [7, 11) is 0. The largest absolute Gasteiger partial charge is 0.268 e. The third-order valence-electron chi connectivity index (χ3n) is 11.9. The summed E-state index contributed by atoms with van der Waals surface area (Å²) in [4.78, 5) is 60.8. The molecule has 0 spiro atoms. The van der Waals surface area contributed by atoms with Gasteiger partial charge in [0.2, 0.25) is 0 Å². The molecule has 9 rings (SSSR count). The van der Waals surface area contributed by atoms with Crippen LogP contribution in [0.5, 0.6) is 0 Å². The first-order valence-corrected chi connectivity index (χ1v) is 19.3. The molecule has 0 saturated heterocycles. The second-order valence-corrected chi connectivity index (χ2v) is 16.5. The molecule has 8 heteroatoms. The third kappa shape index (κ3) is 4.58. The Morgan fingerprint density at radius 2 is 0.714 bits per heavy atom.